The first kappa shape index (κ1) is 27.7. The van der Waals surface area contributed by atoms with Gasteiger partial charge in [-0.25, -0.2) is 0 Å². The first-order valence-electron chi connectivity index (χ1n) is 12.6. The highest BCUT2D eigenvalue weighted by molar-refractivity contribution is 5.26. The molecule has 2 nitrogen and oxygen atoms in total. The van der Waals surface area contributed by atoms with E-state index in [-0.39, 0.29) is 11.2 Å². The highest BCUT2D eigenvalue weighted by Gasteiger charge is 2.27. The lowest BCUT2D eigenvalue weighted by atomic mass is 9.95. The largest absolute Gasteiger partial charge is 0.365 e. The van der Waals surface area contributed by atoms with Crippen LogP contribution in [-0.4, -0.2) is 12.2 Å². The standard InChI is InChI=1S/C29H48O2/c1-7-8-9-10-11-12-13-14-15-16-17-18-19-24-30-25-26-20-22-27(23-21-26)29(5,6)31-28(2,3)4/h20-23H,7-17,24-25H2,1-6H3. The third-order valence-electron chi connectivity index (χ3n) is 5.43. The van der Waals surface area contributed by atoms with Gasteiger partial charge in [-0.2, -0.15) is 0 Å². The van der Waals surface area contributed by atoms with E-state index in [4.69, 9.17) is 9.47 Å². The maximum atomic E-state index is 6.19. The van der Waals surface area contributed by atoms with Gasteiger partial charge in [0, 0.05) is 6.42 Å². The van der Waals surface area contributed by atoms with Gasteiger partial charge in [0.05, 0.1) is 17.8 Å². The van der Waals surface area contributed by atoms with Crippen molar-refractivity contribution in [2.45, 2.75) is 130 Å². The normalized spacial score (nSPS) is 11.9. The van der Waals surface area contributed by atoms with E-state index in [2.05, 4.69) is 77.6 Å². The zero-order chi connectivity index (χ0) is 23.0. The molecular formula is C29H48O2. The molecule has 0 unspecified atom stereocenters. The maximum Gasteiger partial charge on any atom is 0.108 e. The van der Waals surface area contributed by atoms with Crippen LogP contribution in [0, 0.1) is 11.8 Å². The van der Waals surface area contributed by atoms with Crippen LogP contribution in [0.5, 0.6) is 0 Å². The molecule has 0 heterocycles. The van der Waals surface area contributed by atoms with E-state index < -0.39 is 0 Å². The molecular weight excluding hydrogens is 380 g/mol. The van der Waals surface area contributed by atoms with Crippen molar-refractivity contribution in [1.29, 1.82) is 0 Å². The van der Waals surface area contributed by atoms with Gasteiger partial charge in [0.1, 0.15) is 6.61 Å². The number of benzene rings is 1. The number of hydrogen-bond donors (Lipinski definition) is 0. The van der Waals surface area contributed by atoms with Crippen molar-refractivity contribution in [1.82, 2.24) is 0 Å². The molecule has 0 saturated carbocycles. The Kier molecular flexibility index (Phi) is 13.9. The summed E-state index contributed by atoms with van der Waals surface area (Å²) < 4.78 is 11.9. The molecule has 0 N–H and O–H groups in total. The van der Waals surface area contributed by atoms with Crippen LogP contribution in [0.25, 0.3) is 0 Å². The summed E-state index contributed by atoms with van der Waals surface area (Å²) in [5.41, 5.74) is 1.88. The quantitative estimate of drug-likeness (QED) is 0.206. The molecule has 31 heavy (non-hydrogen) atoms. The van der Waals surface area contributed by atoms with Gasteiger partial charge in [-0.15, -0.1) is 5.92 Å². The lowest BCUT2D eigenvalue weighted by Gasteiger charge is -2.34. The second-order valence-corrected chi connectivity index (χ2v) is 10.2. The van der Waals surface area contributed by atoms with Gasteiger partial charge in [0.25, 0.3) is 0 Å². The average molecular weight is 429 g/mol. The van der Waals surface area contributed by atoms with E-state index in [1.165, 1.54) is 75.3 Å². The molecule has 0 atom stereocenters. The van der Waals surface area contributed by atoms with Crippen molar-refractivity contribution < 1.29 is 9.47 Å². The molecule has 0 aliphatic heterocycles. The molecule has 0 aliphatic rings. The third-order valence-corrected chi connectivity index (χ3v) is 5.43. The number of unbranched alkanes of at least 4 members (excludes halogenated alkanes) is 10. The number of ether oxygens (including phenoxy) is 2. The Labute approximate surface area is 193 Å². The predicted molar refractivity (Wildman–Crippen MR) is 134 cm³/mol. The Morgan fingerprint density at radius 3 is 1.81 bits per heavy atom. The van der Waals surface area contributed by atoms with Crippen molar-refractivity contribution in [3.05, 3.63) is 35.4 Å². The molecule has 2 heteroatoms. The molecule has 0 aliphatic carbocycles. The van der Waals surface area contributed by atoms with Crippen molar-refractivity contribution >= 4 is 0 Å². The Morgan fingerprint density at radius 2 is 1.26 bits per heavy atom. The summed E-state index contributed by atoms with van der Waals surface area (Å²) in [6.07, 6.45) is 14.7. The van der Waals surface area contributed by atoms with E-state index in [1.54, 1.807) is 0 Å². The zero-order valence-corrected chi connectivity index (χ0v) is 21.3. The van der Waals surface area contributed by atoms with Crippen molar-refractivity contribution in [2.24, 2.45) is 0 Å². The molecule has 1 aromatic carbocycles. The monoisotopic (exact) mass is 428 g/mol. The number of hydrogen-bond acceptors (Lipinski definition) is 2. The summed E-state index contributed by atoms with van der Waals surface area (Å²) in [7, 11) is 0. The molecule has 1 aromatic rings. The summed E-state index contributed by atoms with van der Waals surface area (Å²) in [6.45, 7) is 13.9. The highest BCUT2D eigenvalue weighted by Crippen LogP contribution is 2.30. The maximum absolute atomic E-state index is 6.19. The van der Waals surface area contributed by atoms with Crippen LogP contribution >= 0.6 is 0 Å². The van der Waals surface area contributed by atoms with Gasteiger partial charge in [0.2, 0.25) is 0 Å². The molecule has 176 valence electrons. The minimum Gasteiger partial charge on any atom is -0.365 e. The lowest BCUT2D eigenvalue weighted by Crippen LogP contribution is -2.32. The van der Waals surface area contributed by atoms with E-state index >= 15 is 0 Å². The average Bonchev–Trinajstić information content (AvgIpc) is 2.69. The Bertz CT molecular complexity index is 625. The van der Waals surface area contributed by atoms with Gasteiger partial charge in [-0.3, -0.25) is 0 Å². The molecule has 1 rings (SSSR count). The summed E-state index contributed by atoms with van der Waals surface area (Å²) in [5, 5.41) is 0. The molecule has 0 radical (unpaired) electrons. The Hall–Kier alpha value is -1.30. The zero-order valence-electron chi connectivity index (χ0n) is 21.3. The fourth-order valence-corrected chi connectivity index (χ4v) is 3.89. The summed E-state index contributed by atoms with van der Waals surface area (Å²) >= 11 is 0. The fraction of sp³-hybridized carbons (Fsp3) is 0.724. The first-order chi connectivity index (χ1) is 14.7. The van der Waals surface area contributed by atoms with Crippen LogP contribution in [0.15, 0.2) is 24.3 Å². The van der Waals surface area contributed by atoms with Crippen LogP contribution in [0.4, 0.5) is 0 Å². The van der Waals surface area contributed by atoms with Gasteiger partial charge in [-0.05, 0) is 52.2 Å². The summed E-state index contributed by atoms with van der Waals surface area (Å²) in [4.78, 5) is 0. The Morgan fingerprint density at radius 1 is 0.710 bits per heavy atom. The van der Waals surface area contributed by atoms with Crippen molar-refractivity contribution in [3.8, 4) is 11.8 Å². The molecule has 0 spiro atoms. The molecule has 0 aromatic heterocycles. The van der Waals surface area contributed by atoms with Crippen LogP contribution in [0.3, 0.4) is 0 Å². The Balaban J connectivity index is 2.10. The van der Waals surface area contributed by atoms with Crippen LogP contribution in [0.2, 0.25) is 0 Å². The number of rotatable bonds is 15. The van der Waals surface area contributed by atoms with Crippen LogP contribution in [0.1, 0.15) is 123 Å². The second kappa shape index (κ2) is 15.5. The first-order valence-corrected chi connectivity index (χ1v) is 12.6. The minimum absolute atomic E-state index is 0.169. The molecule has 0 amide bonds. The van der Waals surface area contributed by atoms with Crippen molar-refractivity contribution in [2.75, 3.05) is 6.61 Å². The predicted octanol–water partition coefficient (Wildman–Crippen LogP) is 8.57. The SMILES string of the molecule is CCCCCCCCCCCCC#CCOCc1ccc(C(C)(C)OC(C)(C)C)cc1. The van der Waals surface area contributed by atoms with Crippen molar-refractivity contribution in [3.63, 3.8) is 0 Å². The lowest BCUT2D eigenvalue weighted by molar-refractivity contribution is -0.117. The van der Waals surface area contributed by atoms with Crippen LogP contribution in [-0.2, 0) is 21.7 Å². The van der Waals surface area contributed by atoms with E-state index in [0.29, 0.717) is 13.2 Å². The van der Waals surface area contributed by atoms with Gasteiger partial charge in [-0.1, -0.05) is 94.9 Å². The van der Waals surface area contributed by atoms with E-state index in [1.807, 2.05) is 0 Å². The van der Waals surface area contributed by atoms with E-state index in [0.717, 1.165) is 6.42 Å². The van der Waals surface area contributed by atoms with Crippen LogP contribution < -0.4 is 0 Å². The van der Waals surface area contributed by atoms with Gasteiger partial charge in [0.15, 0.2) is 0 Å². The third kappa shape index (κ3) is 14.4. The minimum atomic E-state index is -0.308. The summed E-state index contributed by atoms with van der Waals surface area (Å²) in [5.74, 6) is 6.41. The topological polar surface area (TPSA) is 18.5 Å². The molecule has 0 bridgehead atoms. The molecule has 0 saturated heterocycles. The van der Waals surface area contributed by atoms with Gasteiger partial charge >= 0.3 is 0 Å². The van der Waals surface area contributed by atoms with Gasteiger partial charge < -0.3 is 9.47 Å². The molecule has 0 fully saturated rings. The van der Waals surface area contributed by atoms with E-state index in [9.17, 15) is 0 Å². The smallest absolute Gasteiger partial charge is 0.108 e. The second-order valence-electron chi connectivity index (χ2n) is 10.2. The highest BCUT2D eigenvalue weighted by atomic mass is 16.5. The summed E-state index contributed by atoms with van der Waals surface area (Å²) in [6, 6.07) is 8.53. The fourth-order valence-electron chi connectivity index (χ4n) is 3.89.